The number of hydrogen-bond acceptors (Lipinski definition) is 3. The molecule has 2 rings (SSSR count). The van der Waals surface area contributed by atoms with E-state index in [1.165, 1.54) is 12.1 Å². The number of nitrogens with one attached hydrogen (secondary N) is 2. The third-order valence-corrected chi connectivity index (χ3v) is 4.76. The lowest BCUT2D eigenvalue weighted by atomic mass is 9.78. The van der Waals surface area contributed by atoms with E-state index in [2.05, 4.69) is 36.4 Å². The Morgan fingerprint density at radius 1 is 1.37 bits per heavy atom. The predicted molar refractivity (Wildman–Crippen MR) is 106 cm³/mol. The Morgan fingerprint density at radius 2 is 2.15 bits per heavy atom. The number of benzene rings is 1. The molecule has 0 aliphatic carbocycles. The second-order valence-electron chi connectivity index (χ2n) is 8.05. The highest BCUT2D eigenvalue weighted by Crippen LogP contribution is 2.33. The van der Waals surface area contributed by atoms with Gasteiger partial charge in [0.05, 0.1) is 24.3 Å². The fourth-order valence-corrected chi connectivity index (χ4v) is 3.51. The van der Waals surface area contributed by atoms with Crippen molar-refractivity contribution in [3.63, 3.8) is 0 Å². The van der Waals surface area contributed by atoms with Crippen molar-refractivity contribution in [2.75, 3.05) is 19.7 Å². The van der Waals surface area contributed by atoms with Crippen LogP contribution in [0.25, 0.3) is 0 Å². The minimum absolute atomic E-state index is 0.0864. The third kappa shape index (κ3) is 6.21. The van der Waals surface area contributed by atoms with Gasteiger partial charge in [0.25, 0.3) is 0 Å². The highest BCUT2D eigenvalue weighted by atomic mass is 19.1. The number of rotatable bonds is 5. The Balaban J connectivity index is 2.04. The van der Waals surface area contributed by atoms with Crippen LogP contribution < -0.4 is 10.6 Å². The van der Waals surface area contributed by atoms with Gasteiger partial charge in [-0.05, 0) is 43.4 Å². The number of halogens is 1. The summed E-state index contributed by atoms with van der Waals surface area (Å²) in [7, 11) is 0. The smallest absolute Gasteiger partial charge is 0.191 e. The molecule has 1 aromatic rings. The molecule has 1 aliphatic heterocycles. The molecule has 5 nitrogen and oxygen atoms in total. The summed E-state index contributed by atoms with van der Waals surface area (Å²) in [4.78, 5) is 4.50. The van der Waals surface area contributed by atoms with E-state index in [0.29, 0.717) is 23.0 Å². The fourth-order valence-electron chi connectivity index (χ4n) is 3.51. The highest BCUT2D eigenvalue weighted by molar-refractivity contribution is 5.79. The zero-order chi connectivity index (χ0) is 19.9. The van der Waals surface area contributed by atoms with Gasteiger partial charge in [-0.2, -0.15) is 5.26 Å². The number of aliphatic imine (C=N–C) groups is 1. The molecule has 148 valence electrons. The summed E-state index contributed by atoms with van der Waals surface area (Å²) in [6.45, 7) is 11.1. The van der Waals surface area contributed by atoms with Crippen LogP contribution in [-0.4, -0.2) is 31.8 Å². The van der Waals surface area contributed by atoms with Crippen molar-refractivity contribution in [1.82, 2.24) is 10.6 Å². The topological polar surface area (TPSA) is 69.4 Å². The Kier molecular flexibility index (Phi) is 7.61. The summed E-state index contributed by atoms with van der Waals surface area (Å²) >= 11 is 0. The molecule has 0 amide bonds. The van der Waals surface area contributed by atoms with Crippen LogP contribution in [0.1, 0.15) is 51.7 Å². The van der Waals surface area contributed by atoms with E-state index in [0.717, 1.165) is 32.5 Å². The fraction of sp³-hybridized carbons (Fsp3) is 0.619. The first-order valence-electron chi connectivity index (χ1n) is 9.67. The van der Waals surface area contributed by atoms with Gasteiger partial charge in [0.1, 0.15) is 5.82 Å². The first-order chi connectivity index (χ1) is 12.8. The van der Waals surface area contributed by atoms with Gasteiger partial charge in [0.15, 0.2) is 5.96 Å². The van der Waals surface area contributed by atoms with E-state index in [1.54, 1.807) is 6.07 Å². The van der Waals surface area contributed by atoms with E-state index in [9.17, 15) is 4.39 Å². The monoisotopic (exact) mass is 374 g/mol. The molecule has 1 aromatic carbocycles. The summed E-state index contributed by atoms with van der Waals surface area (Å²) in [6.07, 6.45) is 2.39. The molecular weight excluding hydrogens is 343 g/mol. The van der Waals surface area contributed by atoms with Crippen LogP contribution in [0.2, 0.25) is 0 Å². The molecule has 1 heterocycles. The quantitative estimate of drug-likeness (QED) is 0.610. The summed E-state index contributed by atoms with van der Waals surface area (Å²) < 4.78 is 20.0. The lowest BCUT2D eigenvalue weighted by molar-refractivity contribution is -0.0835. The summed E-state index contributed by atoms with van der Waals surface area (Å²) in [6, 6.07) is 6.37. The zero-order valence-corrected chi connectivity index (χ0v) is 16.8. The van der Waals surface area contributed by atoms with Crippen LogP contribution in [0.5, 0.6) is 0 Å². The predicted octanol–water partition coefficient (Wildman–Crippen LogP) is 3.59. The van der Waals surface area contributed by atoms with Gasteiger partial charge < -0.3 is 15.4 Å². The van der Waals surface area contributed by atoms with Gasteiger partial charge in [-0.3, -0.25) is 0 Å². The van der Waals surface area contributed by atoms with Crippen LogP contribution in [0, 0.1) is 28.5 Å². The summed E-state index contributed by atoms with van der Waals surface area (Å²) in [5.74, 6) is 0.709. The molecule has 0 aromatic heterocycles. The molecule has 0 radical (unpaired) electrons. The Bertz CT molecular complexity index is 690. The second-order valence-corrected chi connectivity index (χ2v) is 8.05. The van der Waals surface area contributed by atoms with Crippen molar-refractivity contribution < 1.29 is 9.13 Å². The maximum atomic E-state index is 14.0. The van der Waals surface area contributed by atoms with Gasteiger partial charge >= 0.3 is 0 Å². The average Bonchev–Trinajstić information content (AvgIpc) is 2.64. The minimum atomic E-state index is -0.345. The van der Waals surface area contributed by atoms with Crippen LogP contribution in [0.15, 0.2) is 23.2 Å². The van der Waals surface area contributed by atoms with Crippen LogP contribution in [-0.2, 0) is 11.3 Å². The Labute approximate surface area is 162 Å². The van der Waals surface area contributed by atoms with Crippen LogP contribution in [0.4, 0.5) is 4.39 Å². The average molecular weight is 375 g/mol. The van der Waals surface area contributed by atoms with Crippen molar-refractivity contribution in [2.45, 2.75) is 53.2 Å². The van der Waals surface area contributed by atoms with E-state index in [1.807, 2.05) is 13.0 Å². The molecule has 1 aliphatic rings. The molecule has 1 saturated heterocycles. The molecule has 6 heteroatoms. The Hall–Kier alpha value is -2.13. The van der Waals surface area contributed by atoms with E-state index in [-0.39, 0.29) is 23.9 Å². The SMILES string of the molecule is CCNC(=NCc1cc(C#N)ccc1F)NCC1CCCOC1C(C)(C)C. The maximum absolute atomic E-state index is 14.0. The third-order valence-electron chi connectivity index (χ3n) is 4.76. The first-order valence-corrected chi connectivity index (χ1v) is 9.67. The first kappa shape index (κ1) is 21.2. The number of guanidine groups is 1. The summed E-state index contributed by atoms with van der Waals surface area (Å²) in [5, 5.41) is 15.6. The number of nitrogens with zero attached hydrogens (tertiary/aromatic N) is 2. The van der Waals surface area contributed by atoms with Gasteiger partial charge in [-0.15, -0.1) is 0 Å². The summed E-state index contributed by atoms with van der Waals surface area (Å²) in [5.41, 5.74) is 0.940. The lowest BCUT2D eigenvalue weighted by Gasteiger charge is -2.40. The Morgan fingerprint density at radius 3 is 2.81 bits per heavy atom. The number of nitriles is 1. The zero-order valence-electron chi connectivity index (χ0n) is 16.8. The maximum Gasteiger partial charge on any atom is 0.191 e. The van der Waals surface area contributed by atoms with Gasteiger partial charge in [-0.1, -0.05) is 20.8 Å². The molecule has 2 unspecified atom stereocenters. The van der Waals surface area contributed by atoms with Crippen molar-refractivity contribution in [2.24, 2.45) is 16.3 Å². The standard InChI is InChI=1S/C21H31FN4O/c1-5-24-20(26-14-17-11-15(12-23)8-9-18(17)22)25-13-16-7-6-10-27-19(16)21(2,3)4/h8-9,11,16,19H,5-7,10,13-14H2,1-4H3,(H2,24,25,26). The lowest BCUT2D eigenvalue weighted by Crippen LogP contribution is -2.47. The van der Waals surface area contributed by atoms with E-state index < -0.39 is 0 Å². The molecule has 0 spiro atoms. The van der Waals surface area contributed by atoms with Crippen molar-refractivity contribution >= 4 is 5.96 Å². The minimum Gasteiger partial charge on any atom is -0.377 e. The largest absolute Gasteiger partial charge is 0.377 e. The molecule has 1 fully saturated rings. The second kappa shape index (κ2) is 9.70. The number of hydrogen-bond donors (Lipinski definition) is 2. The molecule has 2 atom stereocenters. The number of ether oxygens (including phenoxy) is 1. The molecule has 27 heavy (non-hydrogen) atoms. The van der Waals surface area contributed by atoms with Crippen molar-refractivity contribution in [1.29, 1.82) is 5.26 Å². The van der Waals surface area contributed by atoms with Gasteiger partial charge in [-0.25, -0.2) is 9.38 Å². The van der Waals surface area contributed by atoms with Crippen molar-refractivity contribution in [3.05, 3.63) is 35.1 Å². The van der Waals surface area contributed by atoms with Crippen LogP contribution >= 0.6 is 0 Å². The van der Waals surface area contributed by atoms with Gasteiger partial charge in [0, 0.05) is 31.2 Å². The molecule has 2 N–H and O–H groups in total. The van der Waals surface area contributed by atoms with Crippen molar-refractivity contribution in [3.8, 4) is 6.07 Å². The van der Waals surface area contributed by atoms with Crippen LogP contribution in [0.3, 0.4) is 0 Å². The molecular formula is C21H31FN4O. The highest BCUT2D eigenvalue weighted by Gasteiger charge is 2.35. The van der Waals surface area contributed by atoms with E-state index >= 15 is 0 Å². The van der Waals surface area contributed by atoms with Gasteiger partial charge in [0.2, 0.25) is 0 Å². The molecule has 0 saturated carbocycles. The normalized spacial score (nSPS) is 20.8. The molecule has 0 bridgehead atoms. The van der Waals surface area contributed by atoms with E-state index in [4.69, 9.17) is 10.00 Å².